The number of fused-ring (bicyclic) bond motifs is 1. The Labute approximate surface area is 146 Å². The van der Waals surface area contributed by atoms with Gasteiger partial charge in [-0.05, 0) is 30.3 Å². The Morgan fingerprint density at radius 1 is 1.08 bits per heavy atom. The van der Waals surface area contributed by atoms with E-state index >= 15 is 0 Å². The Morgan fingerprint density at radius 2 is 1.88 bits per heavy atom. The number of rotatable bonds is 3. The van der Waals surface area contributed by atoms with Gasteiger partial charge in [0.2, 0.25) is 0 Å². The first-order chi connectivity index (χ1) is 12.7. The number of halogens is 1. The molecular weight excluding hydrogens is 337 g/mol. The highest BCUT2D eigenvalue weighted by Crippen LogP contribution is 2.29. The van der Waals surface area contributed by atoms with Crippen LogP contribution in [0.4, 0.5) is 4.39 Å². The van der Waals surface area contributed by atoms with Crippen LogP contribution in [-0.4, -0.2) is 38.5 Å². The van der Waals surface area contributed by atoms with E-state index < -0.39 is 11.8 Å². The predicted octanol–water partition coefficient (Wildman–Crippen LogP) is 3.01. The molecule has 0 fully saturated rings. The van der Waals surface area contributed by atoms with Crippen molar-refractivity contribution < 1.29 is 13.9 Å². The molecule has 3 aromatic heterocycles. The molecular formula is C18H12FN5O2. The number of methoxy groups -OCH3 is 1. The molecule has 0 aliphatic carbocycles. The third-order valence-corrected chi connectivity index (χ3v) is 3.88. The van der Waals surface area contributed by atoms with Crippen LogP contribution in [0, 0.1) is 5.82 Å². The minimum absolute atomic E-state index is 0.291. The molecule has 0 spiro atoms. The molecule has 1 aromatic carbocycles. The lowest BCUT2D eigenvalue weighted by Crippen LogP contribution is -2.02. The van der Waals surface area contributed by atoms with E-state index in [1.54, 1.807) is 36.4 Å². The summed E-state index contributed by atoms with van der Waals surface area (Å²) in [5, 5.41) is 10.7. The quantitative estimate of drug-likeness (QED) is 0.572. The summed E-state index contributed by atoms with van der Waals surface area (Å²) in [6.45, 7) is 0. The molecule has 4 rings (SSSR count). The summed E-state index contributed by atoms with van der Waals surface area (Å²) in [5.74, 6) is -0.904. The lowest BCUT2D eigenvalue weighted by atomic mass is 10.1. The number of aromatic amines is 1. The monoisotopic (exact) mass is 349 g/mol. The average molecular weight is 349 g/mol. The van der Waals surface area contributed by atoms with Crippen LogP contribution in [0.25, 0.3) is 33.7 Å². The van der Waals surface area contributed by atoms with Gasteiger partial charge in [-0.15, -0.1) is 0 Å². The van der Waals surface area contributed by atoms with E-state index in [4.69, 9.17) is 4.74 Å². The van der Waals surface area contributed by atoms with Gasteiger partial charge in [0, 0.05) is 11.8 Å². The Hall–Kier alpha value is -3.68. The lowest BCUT2D eigenvalue weighted by molar-refractivity contribution is 0.0600. The van der Waals surface area contributed by atoms with Crippen LogP contribution in [0.2, 0.25) is 0 Å². The fraction of sp³-hybridized carbons (Fsp3) is 0.0556. The van der Waals surface area contributed by atoms with Gasteiger partial charge in [0.15, 0.2) is 0 Å². The normalized spacial score (nSPS) is 10.8. The van der Waals surface area contributed by atoms with Gasteiger partial charge in [0.1, 0.15) is 17.2 Å². The van der Waals surface area contributed by atoms with Gasteiger partial charge < -0.3 is 4.74 Å². The summed E-state index contributed by atoms with van der Waals surface area (Å²) in [6, 6.07) is 11.3. The zero-order valence-electron chi connectivity index (χ0n) is 13.6. The minimum Gasteiger partial charge on any atom is -0.465 e. The molecule has 0 aliphatic heterocycles. The molecule has 3 heterocycles. The van der Waals surface area contributed by atoms with Crippen molar-refractivity contribution in [3.05, 3.63) is 60.0 Å². The highest BCUT2D eigenvalue weighted by atomic mass is 19.1. The third kappa shape index (κ3) is 2.67. The summed E-state index contributed by atoms with van der Waals surface area (Å²) in [7, 11) is 1.30. The number of nitrogens with one attached hydrogen (secondary N) is 1. The van der Waals surface area contributed by atoms with Crippen LogP contribution in [0.3, 0.4) is 0 Å². The van der Waals surface area contributed by atoms with Crippen molar-refractivity contribution in [1.82, 2.24) is 25.4 Å². The largest absolute Gasteiger partial charge is 0.465 e. The number of carbonyl (C=O) groups is 1. The van der Waals surface area contributed by atoms with Gasteiger partial charge in [0.25, 0.3) is 0 Å². The van der Waals surface area contributed by atoms with Crippen molar-refractivity contribution in [2.45, 2.75) is 0 Å². The van der Waals surface area contributed by atoms with Crippen LogP contribution in [0.15, 0.2) is 48.7 Å². The average Bonchev–Trinajstić information content (AvgIpc) is 3.16. The van der Waals surface area contributed by atoms with Crippen LogP contribution in [0.1, 0.15) is 10.4 Å². The number of H-pyrrole nitrogens is 1. The van der Waals surface area contributed by atoms with Crippen molar-refractivity contribution in [1.29, 1.82) is 0 Å². The van der Waals surface area contributed by atoms with Gasteiger partial charge in [-0.1, -0.05) is 12.1 Å². The predicted molar refractivity (Wildman–Crippen MR) is 91.6 cm³/mol. The molecule has 1 N–H and O–H groups in total. The maximum atomic E-state index is 14.1. The number of nitrogens with zero attached hydrogens (tertiary/aromatic N) is 4. The molecule has 7 nitrogen and oxygen atoms in total. The molecule has 0 bridgehead atoms. The molecule has 8 heteroatoms. The number of aromatic nitrogens is 5. The maximum absolute atomic E-state index is 14.1. The number of carbonyl (C=O) groups excluding carboxylic acids is 1. The molecule has 0 saturated carbocycles. The van der Waals surface area contributed by atoms with Crippen LogP contribution < -0.4 is 0 Å². The van der Waals surface area contributed by atoms with E-state index in [1.807, 2.05) is 0 Å². The zero-order chi connectivity index (χ0) is 18.1. The Bertz CT molecular complexity index is 1130. The molecule has 0 atom stereocenters. The van der Waals surface area contributed by atoms with Gasteiger partial charge in [-0.25, -0.2) is 14.2 Å². The van der Waals surface area contributed by atoms with Crippen LogP contribution >= 0.6 is 0 Å². The molecule has 0 aliphatic rings. The fourth-order valence-electron chi connectivity index (χ4n) is 2.62. The Kier molecular flexibility index (Phi) is 3.85. The number of benzene rings is 1. The number of ether oxygens (including phenoxy) is 1. The van der Waals surface area contributed by atoms with Crippen molar-refractivity contribution in [3.8, 4) is 22.6 Å². The number of hydrogen-bond donors (Lipinski definition) is 1. The van der Waals surface area contributed by atoms with Gasteiger partial charge in [0.05, 0.1) is 29.4 Å². The standard InChI is InChI=1S/C18H12FN5O2/c1-26-18(25)10-8-15-13(20-9-10)6-7-14(21-15)17-16(22-24-23-17)11-4-2-3-5-12(11)19/h2-9H,1H3,(H,22,23,24). The molecule has 128 valence electrons. The highest BCUT2D eigenvalue weighted by molar-refractivity contribution is 5.93. The maximum Gasteiger partial charge on any atom is 0.339 e. The van der Waals surface area contributed by atoms with Gasteiger partial charge in [-0.3, -0.25) is 4.98 Å². The van der Waals surface area contributed by atoms with Crippen molar-refractivity contribution in [2.24, 2.45) is 0 Å². The highest BCUT2D eigenvalue weighted by Gasteiger charge is 2.17. The molecule has 26 heavy (non-hydrogen) atoms. The SMILES string of the molecule is COC(=O)c1cnc2ccc(-c3n[nH]nc3-c3ccccc3F)nc2c1. The summed E-state index contributed by atoms with van der Waals surface area (Å²) in [4.78, 5) is 20.4. The van der Waals surface area contributed by atoms with Gasteiger partial charge in [-0.2, -0.15) is 15.4 Å². The molecule has 0 unspecified atom stereocenters. The molecule has 0 amide bonds. The molecule has 0 radical (unpaired) electrons. The first kappa shape index (κ1) is 15.8. The van der Waals surface area contributed by atoms with E-state index in [-0.39, 0.29) is 0 Å². The van der Waals surface area contributed by atoms with Crippen molar-refractivity contribution in [2.75, 3.05) is 7.11 Å². The zero-order valence-corrected chi connectivity index (χ0v) is 13.6. The second-order valence-corrected chi connectivity index (χ2v) is 5.45. The topological polar surface area (TPSA) is 93.7 Å². The lowest BCUT2D eigenvalue weighted by Gasteiger charge is -2.05. The van der Waals surface area contributed by atoms with Crippen LogP contribution in [-0.2, 0) is 4.74 Å². The number of pyridine rings is 2. The van der Waals surface area contributed by atoms with Crippen molar-refractivity contribution in [3.63, 3.8) is 0 Å². The Balaban J connectivity index is 1.84. The second-order valence-electron chi connectivity index (χ2n) is 5.45. The van der Waals surface area contributed by atoms with E-state index in [0.717, 1.165) is 0 Å². The van der Waals surface area contributed by atoms with E-state index in [0.29, 0.717) is 39.2 Å². The summed E-state index contributed by atoms with van der Waals surface area (Å²) >= 11 is 0. The Morgan fingerprint density at radius 3 is 2.69 bits per heavy atom. The van der Waals surface area contributed by atoms with Gasteiger partial charge >= 0.3 is 5.97 Å². The summed E-state index contributed by atoms with van der Waals surface area (Å²) < 4.78 is 18.8. The van der Waals surface area contributed by atoms with E-state index in [1.165, 1.54) is 19.4 Å². The van der Waals surface area contributed by atoms with Crippen LogP contribution in [0.5, 0.6) is 0 Å². The molecule has 4 aromatic rings. The summed E-state index contributed by atoms with van der Waals surface area (Å²) in [6.07, 6.45) is 1.43. The smallest absolute Gasteiger partial charge is 0.339 e. The first-order valence-electron chi connectivity index (χ1n) is 7.68. The third-order valence-electron chi connectivity index (χ3n) is 3.88. The summed E-state index contributed by atoms with van der Waals surface area (Å²) in [5.41, 5.74) is 2.95. The van der Waals surface area contributed by atoms with E-state index in [9.17, 15) is 9.18 Å². The first-order valence-corrected chi connectivity index (χ1v) is 7.68. The fourth-order valence-corrected chi connectivity index (χ4v) is 2.62. The number of esters is 1. The molecule has 0 saturated heterocycles. The number of hydrogen-bond acceptors (Lipinski definition) is 6. The minimum atomic E-state index is -0.500. The van der Waals surface area contributed by atoms with Crippen molar-refractivity contribution >= 4 is 17.0 Å². The van der Waals surface area contributed by atoms with E-state index in [2.05, 4.69) is 25.4 Å². The second kappa shape index (κ2) is 6.32.